The maximum Gasteiger partial charge on any atom is 0.186 e. The van der Waals surface area contributed by atoms with Crippen LogP contribution in [0.4, 0.5) is 0 Å². The highest BCUT2D eigenvalue weighted by Gasteiger charge is 2.45. The molecule has 114 valence electrons. The van der Waals surface area contributed by atoms with Gasteiger partial charge in [0.1, 0.15) is 5.76 Å². The Kier molecular flexibility index (Phi) is 3.68. The van der Waals surface area contributed by atoms with Gasteiger partial charge in [-0.2, -0.15) is 0 Å². The van der Waals surface area contributed by atoms with E-state index in [1.165, 1.54) is 14.2 Å². The van der Waals surface area contributed by atoms with Crippen molar-refractivity contribution >= 4 is 11.6 Å². The number of aliphatic hydroxyl groups excluding tert-OH is 1. The molecule has 3 rings (SSSR count). The Balaban J connectivity index is 2.11. The normalized spacial score (nSPS) is 23.8. The van der Waals surface area contributed by atoms with Gasteiger partial charge >= 0.3 is 0 Å². The Bertz CT molecular complexity index is 697. The highest BCUT2D eigenvalue weighted by Crippen LogP contribution is 2.39. The number of hydrogen-bond donors (Lipinski definition) is 1. The quantitative estimate of drug-likeness (QED) is 0.867. The van der Waals surface area contributed by atoms with E-state index in [-0.39, 0.29) is 17.3 Å². The van der Waals surface area contributed by atoms with E-state index in [4.69, 9.17) is 9.47 Å². The van der Waals surface area contributed by atoms with Crippen LogP contribution in [-0.2, 0) is 9.47 Å². The van der Waals surface area contributed by atoms with Crippen LogP contribution in [0.25, 0.3) is 0 Å². The molecule has 0 aliphatic heterocycles. The molecule has 2 unspecified atom stereocenters. The van der Waals surface area contributed by atoms with Crippen molar-refractivity contribution in [2.75, 3.05) is 14.2 Å². The molecule has 1 aromatic rings. The van der Waals surface area contributed by atoms with Crippen molar-refractivity contribution in [2.45, 2.75) is 6.29 Å². The number of allylic oxidation sites excluding steroid dienone is 2. The highest BCUT2D eigenvalue weighted by atomic mass is 16.7. The fourth-order valence-electron chi connectivity index (χ4n) is 3.09. The molecule has 0 saturated carbocycles. The third-order valence-corrected chi connectivity index (χ3v) is 4.16. The van der Waals surface area contributed by atoms with E-state index >= 15 is 0 Å². The molecule has 0 aromatic heterocycles. The van der Waals surface area contributed by atoms with Gasteiger partial charge < -0.3 is 14.6 Å². The number of fused-ring (bicyclic) bond motifs is 2. The smallest absolute Gasteiger partial charge is 0.186 e. The van der Waals surface area contributed by atoms with Crippen LogP contribution in [0.15, 0.2) is 47.7 Å². The Morgan fingerprint density at radius 1 is 1.05 bits per heavy atom. The SMILES string of the molecule is COC(OC)C1=C(O)C2C(=O)c3ccccc3C(=O)C2C=C1. The zero-order chi connectivity index (χ0) is 15.9. The van der Waals surface area contributed by atoms with Crippen LogP contribution in [0, 0.1) is 11.8 Å². The van der Waals surface area contributed by atoms with E-state index in [0.29, 0.717) is 16.7 Å². The van der Waals surface area contributed by atoms with Crippen LogP contribution in [-0.4, -0.2) is 37.2 Å². The fraction of sp³-hybridized carbons (Fsp3) is 0.294. The summed E-state index contributed by atoms with van der Waals surface area (Å²) in [7, 11) is 2.88. The molecule has 2 aliphatic rings. The van der Waals surface area contributed by atoms with Crippen LogP contribution in [0.3, 0.4) is 0 Å². The van der Waals surface area contributed by atoms with Gasteiger partial charge in [0, 0.05) is 30.9 Å². The number of Topliss-reactive ketones (excluding diaryl/α,β-unsaturated/α-hetero) is 2. The van der Waals surface area contributed by atoms with E-state index in [2.05, 4.69) is 0 Å². The Morgan fingerprint density at radius 2 is 1.64 bits per heavy atom. The van der Waals surface area contributed by atoms with E-state index in [1.807, 2.05) is 0 Å². The van der Waals surface area contributed by atoms with Gasteiger partial charge in [-0.25, -0.2) is 0 Å². The van der Waals surface area contributed by atoms with Crippen molar-refractivity contribution in [3.63, 3.8) is 0 Å². The van der Waals surface area contributed by atoms with Gasteiger partial charge in [-0.15, -0.1) is 0 Å². The summed E-state index contributed by atoms with van der Waals surface area (Å²) in [4.78, 5) is 25.2. The summed E-state index contributed by atoms with van der Waals surface area (Å²) in [5.41, 5.74) is 1.12. The van der Waals surface area contributed by atoms with Crippen LogP contribution in [0.2, 0.25) is 0 Å². The van der Waals surface area contributed by atoms with E-state index in [9.17, 15) is 14.7 Å². The van der Waals surface area contributed by atoms with Gasteiger partial charge in [0.15, 0.2) is 17.9 Å². The zero-order valence-corrected chi connectivity index (χ0v) is 12.3. The zero-order valence-electron chi connectivity index (χ0n) is 12.3. The molecule has 1 N–H and O–H groups in total. The number of aliphatic hydroxyl groups is 1. The Hall–Kier alpha value is -2.24. The first-order valence-electron chi connectivity index (χ1n) is 6.94. The number of hydrogen-bond acceptors (Lipinski definition) is 5. The summed E-state index contributed by atoms with van der Waals surface area (Å²) in [6.45, 7) is 0. The van der Waals surface area contributed by atoms with Gasteiger partial charge in [-0.1, -0.05) is 36.4 Å². The van der Waals surface area contributed by atoms with Crippen LogP contribution in [0.5, 0.6) is 0 Å². The summed E-state index contributed by atoms with van der Waals surface area (Å²) >= 11 is 0. The van der Waals surface area contributed by atoms with Crippen LogP contribution < -0.4 is 0 Å². The lowest BCUT2D eigenvalue weighted by Crippen LogP contribution is -2.39. The number of rotatable bonds is 3. The summed E-state index contributed by atoms with van der Waals surface area (Å²) < 4.78 is 10.3. The minimum absolute atomic E-state index is 0.158. The first kappa shape index (κ1) is 14.7. The van der Waals surface area contributed by atoms with E-state index < -0.39 is 18.1 Å². The maximum atomic E-state index is 12.7. The van der Waals surface area contributed by atoms with Crippen molar-refractivity contribution in [1.29, 1.82) is 0 Å². The van der Waals surface area contributed by atoms with E-state index in [1.54, 1.807) is 36.4 Å². The van der Waals surface area contributed by atoms with E-state index in [0.717, 1.165) is 0 Å². The number of carbonyl (C=O) groups is 2. The lowest BCUT2D eigenvalue weighted by atomic mass is 9.70. The second kappa shape index (κ2) is 5.51. The van der Waals surface area contributed by atoms with Gasteiger partial charge in [0.2, 0.25) is 0 Å². The summed E-state index contributed by atoms with van der Waals surface area (Å²) in [5, 5.41) is 10.5. The molecule has 0 fully saturated rings. The molecule has 22 heavy (non-hydrogen) atoms. The standard InChI is InChI=1S/C17H16O5/c1-21-17(22-2)12-8-7-11-13(16(12)20)15(19)10-6-4-3-5-9(10)14(11)18/h3-8,11,13,17,20H,1-2H3. The molecule has 0 spiro atoms. The molecule has 5 heteroatoms. The highest BCUT2D eigenvalue weighted by molar-refractivity contribution is 6.17. The first-order valence-corrected chi connectivity index (χ1v) is 6.94. The molecule has 0 heterocycles. The first-order chi connectivity index (χ1) is 10.6. The topological polar surface area (TPSA) is 72.8 Å². The molecular formula is C17H16O5. The molecule has 0 bridgehead atoms. The third kappa shape index (κ3) is 2.01. The van der Waals surface area contributed by atoms with Crippen molar-refractivity contribution in [2.24, 2.45) is 11.8 Å². The molecule has 0 saturated heterocycles. The third-order valence-electron chi connectivity index (χ3n) is 4.16. The fourth-order valence-corrected chi connectivity index (χ4v) is 3.09. The second-order valence-electron chi connectivity index (χ2n) is 5.28. The minimum Gasteiger partial charge on any atom is -0.511 e. The van der Waals surface area contributed by atoms with Crippen LogP contribution in [0.1, 0.15) is 20.7 Å². The summed E-state index contributed by atoms with van der Waals surface area (Å²) in [6.07, 6.45) is 2.45. The van der Waals surface area contributed by atoms with Crippen molar-refractivity contribution in [1.82, 2.24) is 0 Å². The molecule has 1 aromatic carbocycles. The number of ether oxygens (including phenoxy) is 2. The lowest BCUT2D eigenvalue weighted by molar-refractivity contribution is -0.0754. The Morgan fingerprint density at radius 3 is 2.23 bits per heavy atom. The van der Waals surface area contributed by atoms with Gasteiger partial charge in [0.05, 0.1) is 11.8 Å². The second-order valence-corrected chi connectivity index (χ2v) is 5.28. The van der Waals surface area contributed by atoms with Crippen molar-refractivity contribution < 1.29 is 24.2 Å². The Labute approximate surface area is 127 Å². The van der Waals surface area contributed by atoms with Crippen molar-refractivity contribution in [3.05, 3.63) is 58.9 Å². The lowest BCUT2D eigenvalue weighted by Gasteiger charge is -2.32. The van der Waals surface area contributed by atoms with Gasteiger partial charge in [-0.05, 0) is 0 Å². The monoisotopic (exact) mass is 300 g/mol. The molecule has 2 aliphatic carbocycles. The summed E-state index contributed by atoms with van der Waals surface area (Å²) in [6, 6.07) is 6.69. The van der Waals surface area contributed by atoms with Gasteiger partial charge in [0.25, 0.3) is 0 Å². The minimum atomic E-state index is -0.907. The molecule has 5 nitrogen and oxygen atoms in total. The molecular weight excluding hydrogens is 284 g/mol. The van der Waals surface area contributed by atoms with Crippen molar-refractivity contribution in [3.8, 4) is 0 Å². The molecule has 0 amide bonds. The average molecular weight is 300 g/mol. The molecule has 0 radical (unpaired) electrons. The number of carbonyl (C=O) groups excluding carboxylic acids is 2. The van der Waals surface area contributed by atoms with Crippen LogP contribution >= 0.6 is 0 Å². The predicted molar refractivity (Wildman–Crippen MR) is 78.7 cm³/mol. The van der Waals surface area contributed by atoms with Gasteiger partial charge in [-0.3, -0.25) is 9.59 Å². The maximum absolute atomic E-state index is 12.7. The number of benzene rings is 1. The molecule has 2 atom stereocenters. The largest absolute Gasteiger partial charge is 0.511 e. The average Bonchev–Trinajstić information content (AvgIpc) is 2.55. The summed E-state index contributed by atoms with van der Waals surface area (Å²) in [5.74, 6) is -2.16. The number of ketones is 2. The number of methoxy groups -OCH3 is 2. The predicted octanol–water partition coefficient (Wildman–Crippen LogP) is 2.30.